The molecule has 0 heterocycles. The average molecular weight is 246 g/mol. The van der Waals surface area contributed by atoms with Crippen molar-refractivity contribution in [1.82, 2.24) is 0 Å². The molecule has 15 heavy (non-hydrogen) atoms. The molecule has 2 N–H and O–H groups in total. The fourth-order valence-electron chi connectivity index (χ4n) is 1.50. The van der Waals surface area contributed by atoms with Crippen LogP contribution in [0.2, 0.25) is 10.0 Å². The van der Waals surface area contributed by atoms with Crippen LogP contribution in [0, 0.1) is 0 Å². The molecule has 1 rings (SSSR count). The molecule has 1 nitrogen and oxygen atoms in total. The van der Waals surface area contributed by atoms with Gasteiger partial charge in [-0.1, -0.05) is 36.2 Å². The van der Waals surface area contributed by atoms with E-state index in [1.165, 1.54) is 5.56 Å². The second-order valence-corrected chi connectivity index (χ2v) is 4.94. The molecule has 0 aromatic heterocycles. The molecule has 0 radical (unpaired) electrons. The van der Waals surface area contributed by atoms with Gasteiger partial charge < -0.3 is 5.73 Å². The van der Waals surface area contributed by atoms with Gasteiger partial charge in [-0.15, -0.1) is 0 Å². The van der Waals surface area contributed by atoms with Gasteiger partial charge in [0.2, 0.25) is 0 Å². The zero-order valence-electron chi connectivity index (χ0n) is 9.13. The summed E-state index contributed by atoms with van der Waals surface area (Å²) in [5.41, 5.74) is 6.95. The zero-order valence-corrected chi connectivity index (χ0v) is 10.6. The first kappa shape index (κ1) is 12.8. The van der Waals surface area contributed by atoms with Crippen LogP contribution < -0.4 is 5.73 Å². The number of halogens is 2. The Labute approximate surface area is 102 Å². The highest BCUT2D eigenvalue weighted by Gasteiger charge is 2.08. The lowest BCUT2D eigenvalue weighted by Gasteiger charge is -2.14. The lowest BCUT2D eigenvalue weighted by molar-refractivity contribution is 0.569. The molecular weight excluding hydrogens is 229 g/mol. The average Bonchev–Trinajstić information content (AvgIpc) is 2.18. The summed E-state index contributed by atoms with van der Waals surface area (Å²) >= 11 is 11.8. The van der Waals surface area contributed by atoms with Crippen LogP contribution in [0.5, 0.6) is 0 Å². The van der Waals surface area contributed by atoms with E-state index >= 15 is 0 Å². The van der Waals surface area contributed by atoms with Gasteiger partial charge in [0, 0.05) is 6.04 Å². The van der Waals surface area contributed by atoms with Gasteiger partial charge in [0.1, 0.15) is 0 Å². The van der Waals surface area contributed by atoms with Crippen LogP contribution in [0.1, 0.15) is 38.2 Å². The first-order valence-corrected chi connectivity index (χ1v) is 5.97. The Morgan fingerprint density at radius 1 is 1.13 bits per heavy atom. The molecule has 0 aliphatic heterocycles. The third kappa shape index (κ3) is 4.02. The summed E-state index contributed by atoms with van der Waals surface area (Å²) in [5, 5.41) is 1.24. The van der Waals surface area contributed by atoms with Gasteiger partial charge in [-0.25, -0.2) is 0 Å². The smallest absolute Gasteiger partial charge is 0.0595 e. The van der Waals surface area contributed by atoms with Gasteiger partial charge in [-0.3, -0.25) is 0 Å². The van der Waals surface area contributed by atoms with E-state index in [4.69, 9.17) is 28.9 Å². The van der Waals surface area contributed by atoms with Crippen molar-refractivity contribution in [2.24, 2.45) is 5.73 Å². The van der Waals surface area contributed by atoms with Crippen molar-refractivity contribution in [3.63, 3.8) is 0 Å². The molecule has 1 aromatic rings. The number of hydrogen-bond acceptors (Lipinski definition) is 1. The normalized spacial score (nSPS) is 15.0. The Morgan fingerprint density at radius 3 is 2.33 bits per heavy atom. The lowest BCUT2D eigenvalue weighted by atomic mass is 9.95. The highest BCUT2D eigenvalue weighted by Crippen LogP contribution is 2.28. The molecule has 0 saturated carbocycles. The summed E-state index contributed by atoms with van der Waals surface area (Å²) in [6, 6.07) is 6.08. The van der Waals surface area contributed by atoms with Crippen LogP contribution in [-0.4, -0.2) is 6.04 Å². The van der Waals surface area contributed by atoms with Gasteiger partial charge in [0.25, 0.3) is 0 Å². The van der Waals surface area contributed by atoms with Crippen molar-refractivity contribution in [3.8, 4) is 0 Å². The summed E-state index contributed by atoms with van der Waals surface area (Å²) in [6.07, 6.45) is 2.11. The largest absolute Gasteiger partial charge is 0.328 e. The molecule has 0 saturated heterocycles. The predicted molar refractivity (Wildman–Crippen MR) is 67.8 cm³/mol. The maximum absolute atomic E-state index is 5.96. The molecule has 2 unspecified atom stereocenters. The monoisotopic (exact) mass is 245 g/mol. The molecule has 2 atom stereocenters. The summed E-state index contributed by atoms with van der Waals surface area (Å²) in [7, 11) is 0. The molecular formula is C12H17Cl2N. The van der Waals surface area contributed by atoms with Crippen molar-refractivity contribution < 1.29 is 0 Å². The molecule has 0 fully saturated rings. The third-order valence-electron chi connectivity index (χ3n) is 2.57. The van der Waals surface area contributed by atoms with Crippen LogP contribution in [0.3, 0.4) is 0 Å². The fourth-order valence-corrected chi connectivity index (χ4v) is 1.80. The Kier molecular flexibility index (Phi) is 4.91. The van der Waals surface area contributed by atoms with E-state index in [1.54, 1.807) is 0 Å². The quantitative estimate of drug-likeness (QED) is 0.845. The van der Waals surface area contributed by atoms with E-state index in [-0.39, 0.29) is 6.04 Å². The van der Waals surface area contributed by atoms with Gasteiger partial charge in [0.05, 0.1) is 10.0 Å². The van der Waals surface area contributed by atoms with Crippen LogP contribution in [-0.2, 0) is 0 Å². The minimum atomic E-state index is 0.259. The molecule has 0 aliphatic rings. The molecule has 1 aromatic carbocycles. The van der Waals surface area contributed by atoms with Crippen LogP contribution in [0.25, 0.3) is 0 Å². The van der Waals surface area contributed by atoms with E-state index in [1.807, 2.05) is 25.1 Å². The van der Waals surface area contributed by atoms with Crippen LogP contribution in [0.15, 0.2) is 18.2 Å². The maximum atomic E-state index is 5.96. The Bertz CT molecular complexity index is 323. The Morgan fingerprint density at radius 2 is 1.80 bits per heavy atom. The van der Waals surface area contributed by atoms with Crippen LogP contribution in [0.4, 0.5) is 0 Å². The topological polar surface area (TPSA) is 26.0 Å². The second-order valence-electron chi connectivity index (χ2n) is 4.13. The van der Waals surface area contributed by atoms with Crippen molar-refractivity contribution >= 4 is 23.2 Å². The van der Waals surface area contributed by atoms with Gasteiger partial charge >= 0.3 is 0 Å². The van der Waals surface area contributed by atoms with Crippen molar-refractivity contribution in [1.29, 1.82) is 0 Å². The Hall–Kier alpha value is -0.240. The molecule has 0 spiro atoms. The van der Waals surface area contributed by atoms with Gasteiger partial charge in [0.15, 0.2) is 0 Å². The predicted octanol–water partition coefficient (Wildman–Crippen LogP) is 4.22. The van der Waals surface area contributed by atoms with Crippen LogP contribution >= 0.6 is 23.2 Å². The summed E-state index contributed by atoms with van der Waals surface area (Å²) in [6.45, 7) is 4.21. The number of benzene rings is 1. The van der Waals surface area contributed by atoms with E-state index in [2.05, 4.69) is 6.92 Å². The third-order valence-corrected chi connectivity index (χ3v) is 3.31. The standard InChI is InChI=1S/C12H17Cl2N/c1-8(3-4-9(2)15)10-5-6-11(13)12(14)7-10/h5-9H,3-4,15H2,1-2H3. The molecule has 0 amide bonds. The molecule has 84 valence electrons. The maximum Gasteiger partial charge on any atom is 0.0595 e. The van der Waals surface area contributed by atoms with Crippen molar-refractivity contribution in [3.05, 3.63) is 33.8 Å². The summed E-state index contributed by atoms with van der Waals surface area (Å²) < 4.78 is 0. The number of rotatable bonds is 4. The lowest BCUT2D eigenvalue weighted by Crippen LogP contribution is -2.15. The molecule has 3 heteroatoms. The van der Waals surface area contributed by atoms with E-state index in [9.17, 15) is 0 Å². The van der Waals surface area contributed by atoms with Gasteiger partial charge in [-0.2, -0.15) is 0 Å². The molecule has 0 aliphatic carbocycles. The number of hydrogen-bond donors (Lipinski definition) is 1. The minimum absolute atomic E-state index is 0.259. The zero-order chi connectivity index (χ0) is 11.4. The number of nitrogens with two attached hydrogens (primary N) is 1. The first-order valence-electron chi connectivity index (χ1n) is 5.21. The minimum Gasteiger partial charge on any atom is -0.328 e. The van der Waals surface area contributed by atoms with E-state index < -0.39 is 0 Å². The fraction of sp³-hybridized carbons (Fsp3) is 0.500. The van der Waals surface area contributed by atoms with Gasteiger partial charge in [-0.05, 0) is 43.4 Å². The Balaban J connectivity index is 2.65. The highest BCUT2D eigenvalue weighted by atomic mass is 35.5. The van der Waals surface area contributed by atoms with E-state index in [0.29, 0.717) is 16.0 Å². The molecule has 0 bridgehead atoms. The summed E-state index contributed by atoms with van der Waals surface area (Å²) in [4.78, 5) is 0. The second kappa shape index (κ2) is 5.74. The summed E-state index contributed by atoms with van der Waals surface area (Å²) in [5.74, 6) is 0.478. The van der Waals surface area contributed by atoms with E-state index in [0.717, 1.165) is 12.8 Å². The SMILES string of the molecule is CC(N)CCC(C)c1ccc(Cl)c(Cl)c1. The van der Waals surface area contributed by atoms with Crippen molar-refractivity contribution in [2.45, 2.75) is 38.6 Å². The first-order chi connectivity index (χ1) is 7.00. The highest BCUT2D eigenvalue weighted by molar-refractivity contribution is 6.42. The van der Waals surface area contributed by atoms with Crippen molar-refractivity contribution in [2.75, 3.05) is 0 Å².